The summed E-state index contributed by atoms with van der Waals surface area (Å²) in [5, 5.41) is 10.3. The summed E-state index contributed by atoms with van der Waals surface area (Å²) in [5.41, 5.74) is 3.96. The number of aliphatic carboxylic acids is 1. The van der Waals surface area contributed by atoms with Crippen LogP contribution >= 0.6 is 0 Å². The van der Waals surface area contributed by atoms with Gasteiger partial charge in [-0.15, -0.1) is 0 Å². The highest BCUT2D eigenvalue weighted by molar-refractivity contribution is 5.81. The van der Waals surface area contributed by atoms with Crippen LogP contribution < -0.4 is 0 Å². The smallest absolute Gasteiger partial charge is 0.409 e. The second-order valence-corrected chi connectivity index (χ2v) is 10.8. The van der Waals surface area contributed by atoms with Crippen molar-refractivity contribution in [3.8, 4) is 11.1 Å². The van der Waals surface area contributed by atoms with Gasteiger partial charge in [-0.25, -0.2) is 4.79 Å². The Morgan fingerprint density at radius 1 is 1.00 bits per heavy atom. The van der Waals surface area contributed by atoms with Crippen LogP contribution in [0.2, 0.25) is 0 Å². The van der Waals surface area contributed by atoms with Crippen molar-refractivity contribution in [1.82, 2.24) is 4.90 Å². The van der Waals surface area contributed by atoms with E-state index in [1.165, 1.54) is 22.3 Å². The van der Waals surface area contributed by atoms with Crippen LogP contribution in [0.3, 0.4) is 0 Å². The van der Waals surface area contributed by atoms with E-state index in [0.29, 0.717) is 12.5 Å². The molecule has 1 N–H and O–H groups in total. The van der Waals surface area contributed by atoms with Crippen LogP contribution in [0, 0.1) is 28.6 Å². The van der Waals surface area contributed by atoms with E-state index in [9.17, 15) is 14.7 Å². The number of carboxylic acids is 1. The summed E-state index contributed by atoms with van der Waals surface area (Å²) < 4.78 is 5.85. The monoisotopic (exact) mass is 431 g/mol. The molecule has 32 heavy (non-hydrogen) atoms. The highest BCUT2D eigenvalue weighted by Gasteiger charge is 2.71. The predicted octanol–water partition coefficient (Wildman–Crippen LogP) is 5.00. The maximum atomic E-state index is 13.1. The SMILES string of the molecule is CC1(C)C2CC3CN(C(=O)OCC4c5ccccc5-c5ccccc54)CC3(C(=O)O)C1C2. The van der Waals surface area contributed by atoms with Crippen molar-refractivity contribution in [3.05, 3.63) is 59.7 Å². The van der Waals surface area contributed by atoms with Crippen molar-refractivity contribution in [2.24, 2.45) is 28.6 Å². The molecule has 1 saturated heterocycles. The Labute approximate surface area is 188 Å². The normalized spacial score (nSPS) is 31.3. The molecule has 0 spiro atoms. The summed E-state index contributed by atoms with van der Waals surface area (Å²) in [6.45, 7) is 5.42. The lowest BCUT2D eigenvalue weighted by Gasteiger charge is -2.64. The van der Waals surface area contributed by atoms with Gasteiger partial charge in [0.1, 0.15) is 6.61 Å². The molecule has 5 nitrogen and oxygen atoms in total. The molecule has 5 aliphatic rings. The highest BCUT2D eigenvalue weighted by atomic mass is 16.6. The Morgan fingerprint density at radius 3 is 2.22 bits per heavy atom. The zero-order chi connectivity index (χ0) is 22.3. The third-order valence-corrected chi connectivity index (χ3v) is 9.28. The van der Waals surface area contributed by atoms with Crippen LogP contribution in [-0.4, -0.2) is 41.8 Å². The summed E-state index contributed by atoms with van der Waals surface area (Å²) in [7, 11) is 0. The van der Waals surface area contributed by atoms with Crippen molar-refractivity contribution in [2.75, 3.05) is 19.7 Å². The molecule has 2 bridgehead atoms. The van der Waals surface area contributed by atoms with Gasteiger partial charge in [0.2, 0.25) is 0 Å². The maximum Gasteiger partial charge on any atom is 0.409 e. The minimum Gasteiger partial charge on any atom is -0.481 e. The molecule has 3 saturated carbocycles. The topological polar surface area (TPSA) is 66.8 Å². The summed E-state index contributed by atoms with van der Waals surface area (Å²) in [6.07, 6.45) is 1.48. The molecular weight excluding hydrogens is 402 g/mol. The Balaban J connectivity index is 1.21. The number of likely N-dealkylation sites (tertiary alicyclic amines) is 1. The number of fused-ring (bicyclic) bond motifs is 3. The van der Waals surface area contributed by atoms with E-state index < -0.39 is 11.4 Å². The fourth-order valence-corrected chi connectivity index (χ4v) is 7.47. The van der Waals surface area contributed by atoms with E-state index in [1.54, 1.807) is 4.90 Å². The predicted molar refractivity (Wildman–Crippen MR) is 120 cm³/mol. The van der Waals surface area contributed by atoms with Gasteiger partial charge in [0.05, 0.1) is 5.41 Å². The van der Waals surface area contributed by atoms with E-state index in [1.807, 2.05) is 24.3 Å². The van der Waals surface area contributed by atoms with Crippen molar-refractivity contribution < 1.29 is 19.4 Å². The number of carbonyl (C=O) groups is 2. The Hall–Kier alpha value is -2.82. The molecule has 4 unspecified atom stereocenters. The second-order valence-electron chi connectivity index (χ2n) is 10.8. The molecule has 1 amide bonds. The third-order valence-electron chi connectivity index (χ3n) is 9.28. The highest BCUT2D eigenvalue weighted by Crippen LogP contribution is 2.69. The van der Waals surface area contributed by atoms with Crippen molar-refractivity contribution in [2.45, 2.75) is 32.6 Å². The summed E-state index contributed by atoms with van der Waals surface area (Å²) in [6, 6.07) is 16.6. The molecule has 1 heterocycles. The van der Waals surface area contributed by atoms with Crippen LogP contribution in [-0.2, 0) is 9.53 Å². The van der Waals surface area contributed by atoms with Gasteiger partial charge < -0.3 is 14.7 Å². The van der Waals surface area contributed by atoms with Crippen LogP contribution in [0.15, 0.2) is 48.5 Å². The molecule has 4 atom stereocenters. The van der Waals surface area contributed by atoms with Gasteiger partial charge in [-0.1, -0.05) is 62.4 Å². The van der Waals surface area contributed by atoms with Crippen molar-refractivity contribution >= 4 is 12.1 Å². The van der Waals surface area contributed by atoms with Gasteiger partial charge in [-0.3, -0.25) is 4.79 Å². The lowest BCUT2D eigenvalue weighted by atomic mass is 9.38. The zero-order valence-corrected chi connectivity index (χ0v) is 18.6. The maximum absolute atomic E-state index is 13.1. The van der Waals surface area contributed by atoms with Crippen LogP contribution in [0.1, 0.15) is 43.7 Å². The summed E-state index contributed by atoms with van der Waals surface area (Å²) in [5.74, 6) is -0.0172. The van der Waals surface area contributed by atoms with Crippen molar-refractivity contribution in [3.63, 3.8) is 0 Å². The van der Waals surface area contributed by atoms with Gasteiger partial charge >= 0.3 is 12.1 Å². The van der Waals surface area contributed by atoms with E-state index in [2.05, 4.69) is 38.1 Å². The van der Waals surface area contributed by atoms with E-state index in [4.69, 9.17) is 4.74 Å². The first-order valence-electron chi connectivity index (χ1n) is 11.7. The largest absolute Gasteiger partial charge is 0.481 e. The Morgan fingerprint density at radius 2 is 1.62 bits per heavy atom. The molecule has 0 aromatic heterocycles. The molecule has 2 aromatic carbocycles. The first-order valence-corrected chi connectivity index (χ1v) is 11.7. The average Bonchev–Trinajstić information content (AvgIpc) is 3.35. The van der Waals surface area contributed by atoms with Crippen molar-refractivity contribution in [1.29, 1.82) is 0 Å². The van der Waals surface area contributed by atoms with E-state index >= 15 is 0 Å². The average molecular weight is 432 g/mol. The number of carboxylic acid groups (broad SMARTS) is 1. The molecule has 4 fully saturated rings. The second kappa shape index (κ2) is 6.60. The van der Waals surface area contributed by atoms with Crippen LogP contribution in [0.5, 0.6) is 0 Å². The fraction of sp³-hybridized carbons (Fsp3) is 0.481. The van der Waals surface area contributed by atoms with Gasteiger partial charge in [0, 0.05) is 19.0 Å². The summed E-state index contributed by atoms with van der Waals surface area (Å²) >= 11 is 0. The Kier molecular flexibility index (Phi) is 4.09. The minimum atomic E-state index is -0.830. The fourth-order valence-electron chi connectivity index (χ4n) is 7.47. The third kappa shape index (κ3) is 2.45. The molecule has 7 rings (SSSR count). The van der Waals surface area contributed by atoms with E-state index in [0.717, 1.165) is 12.8 Å². The number of benzene rings is 2. The van der Waals surface area contributed by atoms with E-state index in [-0.39, 0.29) is 42.4 Å². The number of carbonyl (C=O) groups excluding carboxylic acids is 1. The van der Waals surface area contributed by atoms with Crippen LogP contribution in [0.25, 0.3) is 11.1 Å². The zero-order valence-electron chi connectivity index (χ0n) is 18.6. The number of rotatable bonds is 3. The lowest BCUT2D eigenvalue weighted by Crippen LogP contribution is -2.64. The van der Waals surface area contributed by atoms with Gasteiger partial charge in [0.15, 0.2) is 0 Å². The number of ether oxygens (including phenoxy) is 1. The molecule has 1 aliphatic heterocycles. The minimum absolute atomic E-state index is 0.0106. The lowest BCUT2D eigenvalue weighted by molar-refractivity contribution is -0.199. The van der Waals surface area contributed by atoms with Crippen LogP contribution in [0.4, 0.5) is 4.79 Å². The molecule has 5 heteroatoms. The number of nitrogens with zero attached hydrogens (tertiary/aromatic N) is 1. The molecule has 2 aromatic rings. The number of amides is 1. The first-order chi connectivity index (χ1) is 15.3. The van der Waals surface area contributed by atoms with Gasteiger partial charge in [-0.2, -0.15) is 0 Å². The molecular formula is C27H29NO4. The quantitative estimate of drug-likeness (QED) is 0.742. The number of hydrogen-bond donors (Lipinski definition) is 1. The standard InChI is InChI=1S/C27H29NO4/c1-26(2)16-11-17-13-28(15-27(17,24(29)30)23(26)12-16)25(31)32-14-22-20-9-5-3-7-18(20)19-8-4-6-10-21(19)22/h3-10,16-17,22-23H,11-15H2,1-2H3,(H,29,30). The Bertz CT molecular complexity index is 1080. The summed E-state index contributed by atoms with van der Waals surface area (Å²) in [4.78, 5) is 27.3. The molecule has 4 aliphatic carbocycles. The van der Waals surface area contributed by atoms with Gasteiger partial charge in [0.25, 0.3) is 0 Å². The number of hydrogen-bond acceptors (Lipinski definition) is 3. The molecule has 0 radical (unpaired) electrons. The molecule has 166 valence electrons. The first kappa shape index (κ1) is 19.8. The van der Waals surface area contributed by atoms with Gasteiger partial charge in [-0.05, 0) is 58.3 Å².